The Morgan fingerprint density at radius 1 is 0.844 bits per heavy atom. The van der Waals surface area contributed by atoms with Crippen LogP contribution in [0.15, 0.2) is 85.2 Å². The van der Waals surface area contributed by atoms with Gasteiger partial charge in [-0.05, 0) is 35.4 Å². The number of nitrogens with zero attached hydrogens (tertiary/aromatic N) is 1. The number of hydrogen-bond acceptors (Lipinski definition) is 5. The summed E-state index contributed by atoms with van der Waals surface area (Å²) in [6, 6.07) is 20.9. The molecule has 0 unspecified atom stereocenters. The van der Waals surface area contributed by atoms with Crippen molar-refractivity contribution in [3.05, 3.63) is 90.8 Å². The summed E-state index contributed by atoms with van der Waals surface area (Å²) in [7, 11) is 0. The molecule has 1 N–H and O–H groups in total. The number of carbonyl (C=O) groups is 2. The second-order valence-corrected chi connectivity index (χ2v) is 6.83. The molecule has 0 aliphatic rings. The summed E-state index contributed by atoms with van der Waals surface area (Å²) in [5.74, 6) is -3.98. The van der Waals surface area contributed by atoms with E-state index in [0.29, 0.717) is 11.3 Å². The lowest BCUT2D eigenvalue weighted by atomic mass is 10.0. The monoisotopic (exact) mass is 436 g/mol. The van der Waals surface area contributed by atoms with Gasteiger partial charge in [0.05, 0.1) is 11.3 Å². The van der Waals surface area contributed by atoms with Crippen LogP contribution >= 0.6 is 0 Å². The van der Waals surface area contributed by atoms with Gasteiger partial charge >= 0.3 is 18.1 Å². The maximum Gasteiger partial charge on any atom is 0.491 e. The fraction of sp³-hybridized carbons (Fsp3) is 0.0417. The van der Waals surface area contributed by atoms with Gasteiger partial charge in [-0.1, -0.05) is 48.5 Å². The van der Waals surface area contributed by atoms with Crippen molar-refractivity contribution in [1.82, 2.24) is 4.98 Å². The third-order valence-corrected chi connectivity index (χ3v) is 4.71. The van der Waals surface area contributed by atoms with E-state index in [1.165, 1.54) is 6.07 Å². The highest BCUT2D eigenvalue weighted by Crippen LogP contribution is 2.32. The van der Waals surface area contributed by atoms with E-state index in [2.05, 4.69) is 15.0 Å². The third kappa shape index (κ3) is 4.44. The van der Waals surface area contributed by atoms with Crippen LogP contribution in [-0.4, -0.2) is 23.1 Å². The number of benzene rings is 3. The number of halogens is 3. The van der Waals surface area contributed by atoms with Crippen LogP contribution in [0.25, 0.3) is 21.9 Å². The number of ether oxygens (including phenoxy) is 1. The van der Waals surface area contributed by atoms with Crippen molar-refractivity contribution in [2.24, 2.45) is 0 Å². The molecule has 0 saturated carbocycles. The SMILES string of the molecule is O=C(OC(=O)C(F)(F)F)c1ccc(-c2ccccc2)cc1Nc1cccc2cnccc12. The molecule has 4 aromatic rings. The molecule has 0 fully saturated rings. The third-order valence-electron chi connectivity index (χ3n) is 4.71. The van der Waals surface area contributed by atoms with Gasteiger partial charge in [-0.15, -0.1) is 0 Å². The van der Waals surface area contributed by atoms with Crippen LogP contribution in [0.2, 0.25) is 0 Å². The molecule has 1 aromatic heterocycles. The van der Waals surface area contributed by atoms with E-state index < -0.39 is 18.1 Å². The van der Waals surface area contributed by atoms with Crippen molar-refractivity contribution in [3.63, 3.8) is 0 Å². The van der Waals surface area contributed by atoms with Crippen LogP contribution in [0, 0.1) is 0 Å². The summed E-state index contributed by atoms with van der Waals surface area (Å²) >= 11 is 0. The largest absolute Gasteiger partial charge is 0.491 e. The highest BCUT2D eigenvalue weighted by atomic mass is 19.4. The molecule has 0 aliphatic heterocycles. The van der Waals surface area contributed by atoms with E-state index in [0.717, 1.165) is 16.3 Å². The summed E-state index contributed by atoms with van der Waals surface area (Å²) in [5.41, 5.74) is 2.13. The Balaban J connectivity index is 1.78. The van der Waals surface area contributed by atoms with Gasteiger partial charge in [0.15, 0.2) is 0 Å². The van der Waals surface area contributed by atoms with Crippen LogP contribution < -0.4 is 5.32 Å². The predicted molar refractivity (Wildman–Crippen MR) is 113 cm³/mol. The topological polar surface area (TPSA) is 68.3 Å². The van der Waals surface area contributed by atoms with Crippen molar-refractivity contribution in [2.45, 2.75) is 6.18 Å². The molecule has 0 spiro atoms. The minimum atomic E-state index is -5.28. The number of fused-ring (bicyclic) bond motifs is 1. The van der Waals surface area contributed by atoms with Crippen LogP contribution in [0.5, 0.6) is 0 Å². The van der Waals surface area contributed by atoms with Crippen molar-refractivity contribution < 1.29 is 27.5 Å². The molecule has 160 valence electrons. The fourth-order valence-electron chi connectivity index (χ4n) is 3.21. The van der Waals surface area contributed by atoms with Crippen LogP contribution in [0.3, 0.4) is 0 Å². The van der Waals surface area contributed by atoms with Gasteiger partial charge in [-0.2, -0.15) is 13.2 Å². The van der Waals surface area contributed by atoms with Gasteiger partial charge in [0.2, 0.25) is 0 Å². The minimum absolute atomic E-state index is 0.190. The van der Waals surface area contributed by atoms with Gasteiger partial charge in [-0.3, -0.25) is 4.98 Å². The molecule has 32 heavy (non-hydrogen) atoms. The van der Waals surface area contributed by atoms with Gasteiger partial charge in [0.1, 0.15) is 0 Å². The molecule has 3 aromatic carbocycles. The Labute approximate surface area is 180 Å². The molecule has 0 bridgehead atoms. The number of carbonyl (C=O) groups excluding carboxylic acids is 2. The predicted octanol–water partition coefficient (Wildman–Crippen LogP) is 5.89. The number of nitrogens with one attached hydrogen (secondary N) is 1. The lowest BCUT2D eigenvalue weighted by molar-refractivity contribution is -0.193. The normalized spacial score (nSPS) is 11.2. The maximum atomic E-state index is 12.6. The van der Waals surface area contributed by atoms with Gasteiger partial charge in [-0.25, -0.2) is 9.59 Å². The average Bonchev–Trinajstić information content (AvgIpc) is 2.79. The first-order valence-electron chi connectivity index (χ1n) is 9.45. The molecule has 8 heteroatoms. The molecule has 0 aliphatic carbocycles. The molecule has 0 atom stereocenters. The van der Waals surface area contributed by atoms with E-state index in [-0.39, 0.29) is 11.3 Å². The Kier molecular flexibility index (Phi) is 5.59. The zero-order valence-electron chi connectivity index (χ0n) is 16.4. The van der Waals surface area contributed by atoms with Crippen molar-refractivity contribution in [3.8, 4) is 11.1 Å². The van der Waals surface area contributed by atoms with Gasteiger partial charge < -0.3 is 10.1 Å². The van der Waals surface area contributed by atoms with Crippen molar-refractivity contribution in [1.29, 1.82) is 0 Å². The molecule has 0 amide bonds. The number of hydrogen-bond donors (Lipinski definition) is 1. The molecular formula is C24H15F3N2O3. The van der Waals surface area contributed by atoms with E-state index in [1.807, 2.05) is 36.4 Å². The number of pyridine rings is 1. The summed E-state index contributed by atoms with van der Waals surface area (Å²) in [5, 5.41) is 4.71. The maximum absolute atomic E-state index is 12.6. The van der Waals surface area contributed by atoms with Crippen molar-refractivity contribution >= 4 is 34.1 Å². The number of anilines is 2. The number of rotatable bonds is 4. The Hall–Kier alpha value is -4.20. The zero-order valence-corrected chi connectivity index (χ0v) is 16.4. The first-order valence-corrected chi connectivity index (χ1v) is 9.45. The highest BCUT2D eigenvalue weighted by Gasteiger charge is 2.42. The lowest BCUT2D eigenvalue weighted by Gasteiger charge is -2.15. The van der Waals surface area contributed by atoms with E-state index in [1.54, 1.807) is 42.7 Å². The van der Waals surface area contributed by atoms with E-state index >= 15 is 0 Å². The molecular weight excluding hydrogens is 421 g/mol. The first-order chi connectivity index (χ1) is 15.3. The first kappa shape index (κ1) is 21.0. The molecule has 0 saturated heterocycles. The van der Waals surface area contributed by atoms with E-state index in [9.17, 15) is 22.8 Å². The average molecular weight is 436 g/mol. The quantitative estimate of drug-likeness (QED) is 0.319. The number of aromatic nitrogens is 1. The van der Waals surface area contributed by atoms with E-state index in [4.69, 9.17) is 0 Å². The second-order valence-electron chi connectivity index (χ2n) is 6.83. The number of esters is 2. The zero-order chi connectivity index (χ0) is 22.7. The Morgan fingerprint density at radius 3 is 2.38 bits per heavy atom. The van der Waals surface area contributed by atoms with Gasteiger partial charge in [0, 0.05) is 28.9 Å². The molecule has 0 radical (unpaired) electrons. The fourth-order valence-corrected chi connectivity index (χ4v) is 3.21. The minimum Gasteiger partial charge on any atom is -0.383 e. The second kappa shape index (κ2) is 8.50. The summed E-state index contributed by atoms with van der Waals surface area (Å²) < 4.78 is 41.8. The number of alkyl halides is 3. The van der Waals surface area contributed by atoms with Crippen LogP contribution in [-0.2, 0) is 9.53 Å². The van der Waals surface area contributed by atoms with Crippen LogP contribution in [0.1, 0.15) is 10.4 Å². The lowest BCUT2D eigenvalue weighted by Crippen LogP contribution is -2.28. The summed E-state index contributed by atoms with van der Waals surface area (Å²) in [6.45, 7) is 0. The van der Waals surface area contributed by atoms with Crippen molar-refractivity contribution in [2.75, 3.05) is 5.32 Å². The van der Waals surface area contributed by atoms with Gasteiger partial charge in [0.25, 0.3) is 0 Å². The molecule has 5 nitrogen and oxygen atoms in total. The smallest absolute Gasteiger partial charge is 0.383 e. The molecule has 4 rings (SSSR count). The molecule has 1 heterocycles. The van der Waals surface area contributed by atoms with Crippen LogP contribution in [0.4, 0.5) is 24.5 Å². The highest BCUT2D eigenvalue weighted by molar-refractivity contribution is 6.04. The Morgan fingerprint density at radius 2 is 1.62 bits per heavy atom. The summed E-state index contributed by atoms with van der Waals surface area (Å²) in [6.07, 6.45) is -2.01. The standard InChI is InChI=1S/C24H15F3N2O3/c25-24(26,27)23(31)32-22(30)19-10-9-16(15-5-2-1-3-6-15)13-21(19)29-20-8-4-7-17-14-28-12-11-18(17)20/h1-14,29H. The Bertz CT molecular complexity index is 1300. The summed E-state index contributed by atoms with van der Waals surface area (Å²) in [4.78, 5) is 27.7.